The van der Waals surface area contributed by atoms with Gasteiger partial charge in [0.15, 0.2) is 5.54 Å². The lowest BCUT2D eigenvalue weighted by Crippen LogP contribution is -2.40. The molecule has 4 nitrogen and oxygen atoms in total. The number of hydrogen-bond acceptors (Lipinski definition) is 3. The van der Waals surface area contributed by atoms with Crippen molar-refractivity contribution in [2.45, 2.75) is 12.0 Å². The van der Waals surface area contributed by atoms with Crippen LogP contribution < -0.4 is 0 Å². The van der Waals surface area contributed by atoms with Gasteiger partial charge in [-0.3, -0.25) is 0 Å². The molecule has 1 aliphatic heterocycles. The van der Waals surface area contributed by atoms with Crippen LogP contribution in [0.25, 0.3) is 0 Å². The molecule has 0 saturated carbocycles. The fourth-order valence-electron chi connectivity index (χ4n) is 2.38. The average Bonchev–Trinajstić information content (AvgIpc) is 2.95. The van der Waals surface area contributed by atoms with Gasteiger partial charge in [-0.15, -0.1) is 0 Å². The van der Waals surface area contributed by atoms with E-state index >= 15 is 0 Å². The predicted octanol–water partition coefficient (Wildman–Crippen LogP) is 2.53. The van der Waals surface area contributed by atoms with Crippen LogP contribution in [0.1, 0.15) is 11.1 Å². The molecule has 1 heterocycles. The monoisotopic (exact) mass is 281 g/mol. The van der Waals surface area contributed by atoms with Crippen LogP contribution >= 0.6 is 0 Å². The SMILES string of the molecule is O=C(O)C1(Cc2ccccc2)COC(c2ccccc2)=N1. The summed E-state index contributed by atoms with van der Waals surface area (Å²) in [5.41, 5.74) is 0.488. The van der Waals surface area contributed by atoms with E-state index in [9.17, 15) is 9.90 Å². The zero-order chi connectivity index (χ0) is 14.7. The molecule has 2 aromatic rings. The largest absolute Gasteiger partial charge is 0.479 e. The van der Waals surface area contributed by atoms with Crippen molar-refractivity contribution in [2.75, 3.05) is 6.61 Å². The Morgan fingerprint density at radius 1 is 1.10 bits per heavy atom. The number of benzene rings is 2. The van der Waals surface area contributed by atoms with Gasteiger partial charge in [0.2, 0.25) is 5.90 Å². The van der Waals surface area contributed by atoms with E-state index < -0.39 is 11.5 Å². The van der Waals surface area contributed by atoms with Gasteiger partial charge in [-0.1, -0.05) is 48.5 Å². The van der Waals surface area contributed by atoms with Crippen LogP contribution in [0.3, 0.4) is 0 Å². The third kappa shape index (κ3) is 2.65. The molecule has 0 fully saturated rings. The maximum atomic E-state index is 11.7. The van der Waals surface area contributed by atoms with E-state index in [-0.39, 0.29) is 6.61 Å². The number of hydrogen-bond donors (Lipinski definition) is 1. The summed E-state index contributed by atoms with van der Waals surface area (Å²) in [6, 6.07) is 18.9. The lowest BCUT2D eigenvalue weighted by atomic mass is 9.93. The van der Waals surface area contributed by atoms with Gasteiger partial charge in [-0.2, -0.15) is 0 Å². The van der Waals surface area contributed by atoms with E-state index in [4.69, 9.17) is 4.74 Å². The van der Waals surface area contributed by atoms with Crippen molar-refractivity contribution in [3.8, 4) is 0 Å². The lowest BCUT2D eigenvalue weighted by molar-refractivity contribution is -0.143. The van der Waals surface area contributed by atoms with Gasteiger partial charge in [0.25, 0.3) is 0 Å². The molecule has 0 spiro atoms. The van der Waals surface area contributed by atoms with E-state index in [0.717, 1.165) is 11.1 Å². The van der Waals surface area contributed by atoms with Crippen molar-refractivity contribution in [2.24, 2.45) is 4.99 Å². The fraction of sp³-hybridized carbons (Fsp3) is 0.176. The number of aliphatic imine (C=N–C) groups is 1. The Morgan fingerprint density at radius 3 is 2.33 bits per heavy atom. The molecule has 0 amide bonds. The van der Waals surface area contributed by atoms with Crippen molar-refractivity contribution < 1.29 is 14.6 Å². The normalized spacial score (nSPS) is 20.7. The third-order valence-electron chi connectivity index (χ3n) is 3.52. The number of nitrogens with zero attached hydrogens (tertiary/aromatic N) is 1. The summed E-state index contributed by atoms with van der Waals surface area (Å²) < 4.78 is 5.56. The first-order chi connectivity index (χ1) is 10.2. The first-order valence-corrected chi connectivity index (χ1v) is 6.75. The van der Waals surface area contributed by atoms with Crippen LogP contribution in [0.15, 0.2) is 65.7 Å². The van der Waals surface area contributed by atoms with Crippen LogP contribution in [0, 0.1) is 0 Å². The molecular formula is C17H15NO3. The van der Waals surface area contributed by atoms with Crippen molar-refractivity contribution in [1.29, 1.82) is 0 Å². The maximum Gasteiger partial charge on any atom is 0.335 e. The third-order valence-corrected chi connectivity index (χ3v) is 3.52. The average molecular weight is 281 g/mol. The molecule has 1 atom stereocenters. The molecule has 0 saturated heterocycles. The molecule has 1 aliphatic rings. The van der Waals surface area contributed by atoms with E-state index in [1.807, 2.05) is 60.7 Å². The zero-order valence-electron chi connectivity index (χ0n) is 11.4. The highest BCUT2D eigenvalue weighted by atomic mass is 16.5. The topological polar surface area (TPSA) is 58.9 Å². The molecule has 3 rings (SSSR count). The number of carboxylic acids is 1. The minimum absolute atomic E-state index is 0.0570. The van der Waals surface area contributed by atoms with Gasteiger partial charge in [0.1, 0.15) is 6.61 Å². The van der Waals surface area contributed by atoms with Crippen molar-refractivity contribution in [3.63, 3.8) is 0 Å². The first kappa shape index (κ1) is 13.4. The molecular weight excluding hydrogens is 266 g/mol. The molecule has 0 aromatic heterocycles. The number of carbonyl (C=O) groups is 1. The molecule has 4 heteroatoms. The second-order valence-corrected chi connectivity index (χ2v) is 5.07. The van der Waals surface area contributed by atoms with Crippen LogP contribution in [-0.2, 0) is 16.0 Å². The predicted molar refractivity (Wildman–Crippen MR) is 79.4 cm³/mol. The highest BCUT2D eigenvalue weighted by molar-refractivity contribution is 5.98. The van der Waals surface area contributed by atoms with E-state index in [2.05, 4.69) is 4.99 Å². The van der Waals surface area contributed by atoms with E-state index in [0.29, 0.717) is 12.3 Å². The molecule has 1 N–H and O–H groups in total. The lowest BCUT2D eigenvalue weighted by Gasteiger charge is -2.18. The van der Waals surface area contributed by atoms with Crippen molar-refractivity contribution in [3.05, 3.63) is 71.8 Å². The molecule has 2 aromatic carbocycles. The smallest absolute Gasteiger partial charge is 0.335 e. The van der Waals surface area contributed by atoms with Crippen LogP contribution in [0.5, 0.6) is 0 Å². The summed E-state index contributed by atoms with van der Waals surface area (Å²) in [4.78, 5) is 16.1. The summed E-state index contributed by atoms with van der Waals surface area (Å²) in [6.07, 6.45) is 0.319. The van der Waals surface area contributed by atoms with E-state index in [1.54, 1.807) is 0 Å². The van der Waals surface area contributed by atoms with Gasteiger partial charge in [-0.05, 0) is 17.7 Å². The van der Waals surface area contributed by atoms with Crippen LogP contribution in [0.2, 0.25) is 0 Å². The van der Waals surface area contributed by atoms with Crippen molar-refractivity contribution >= 4 is 11.9 Å². The Morgan fingerprint density at radius 2 is 1.71 bits per heavy atom. The van der Waals surface area contributed by atoms with Gasteiger partial charge in [0, 0.05) is 12.0 Å². The second-order valence-electron chi connectivity index (χ2n) is 5.07. The minimum atomic E-state index is -1.24. The summed E-state index contributed by atoms with van der Waals surface area (Å²) in [6.45, 7) is 0.0570. The molecule has 0 bridgehead atoms. The number of aliphatic carboxylic acids is 1. The fourth-order valence-corrected chi connectivity index (χ4v) is 2.38. The highest BCUT2D eigenvalue weighted by Crippen LogP contribution is 2.26. The standard InChI is InChI=1S/C17H15NO3/c19-16(20)17(11-13-7-3-1-4-8-13)12-21-15(18-17)14-9-5-2-6-10-14/h1-10H,11-12H2,(H,19,20). The highest BCUT2D eigenvalue weighted by Gasteiger charge is 2.44. The molecule has 21 heavy (non-hydrogen) atoms. The second kappa shape index (κ2) is 5.40. The summed E-state index contributed by atoms with van der Waals surface area (Å²) in [5.74, 6) is -0.564. The Balaban J connectivity index is 1.93. The summed E-state index contributed by atoms with van der Waals surface area (Å²) >= 11 is 0. The number of carboxylic acid groups (broad SMARTS) is 1. The molecule has 0 radical (unpaired) electrons. The quantitative estimate of drug-likeness (QED) is 0.936. The summed E-state index contributed by atoms with van der Waals surface area (Å²) in [7, 11) is 0. The molecule has 1 unspecified atom stereocenters. The number of rotatable bonds is 4. The molecule has 0 aliphatic carbocycles. The first-order valence-electron chi connectivity index (χ1n) is 6.75. The summed E-state index contributed by atoms with van der Waals surface area (Å²) in [5, 5.41) is 9.60. The molecule has 106 valence electrons. The number of ether oxygens (including phenoxy) is 1. The Hall–Kier alpha value is -2.62. The Labute approximate surface area is 122 Å². The Kier molecular flexibility index (Phi) is 3.44. The zero-order valence-corrected chi connectivity index (χ0v) is 11.4. The van der Waals surface area contributed by atoms with E-state index in [1.165, 1.54) is 0 Å². The van der Waals surface area contributed by atoms with Gasteiger partial charge < -0.3 is 9.84 Å². The van der Waals surface area contributed by atoms with Gasteiger partial charge in [0.05, 0.1) is 0 Å². The maximum absolute atomic E-state index is 11.7. The van der Waals surface area contributed by atoms with Crippen LogP contribution in [0.4, 0.5) is 0 Å². The van der Waals surface area contributed by atoms with Gasteiger partial charge >= 0.3 is 5.97 Å². The minimum Gasteiger partial charge on any atom is -0.479 e. The van der Waals surface area contributed by atoms with Crippen LogP contribution in [-0.4, -0.2) is 29.1 Å². The Bertz CT molecular complexity index is 667. The van der Waals surface area contributed by atoms with Crippen molar-refractivity contribution in [1.82, 2.24) is 0 Å². The van der Waals surface area contributed by atoms with Gasteiger partial charge in [-0.25, -0.2) is 9.79 Å².